The number of carbonyl (C=O) groups is 1. The second kappa shape index (κ2) is 5.78. The third kappa shape index (κ3) is 2.67. The molecule has 1 N–H and O–H groups in total. The number of para-hydroxylation sites is 2. The molecule has 0 unspecified atom stereocenters. The largest absolute Gasteiger partial charge is 0.355 e. The molecule has 2 aromatic rings. The predicted molar refractivity (Wildman–Crippen MR) is 81.3 cm³/mol. The summed E-state index contributed by atoms with van der Waals surface area (Å²) in [5.41, 5.74) is 2.61. The predicted octanol–water partition coefficient (Wildman–Crippen LogP) is 3.67. The van der Waals surface area contributed by atoms with Crippen LogP contribution in [0.25, 0.3) is 0 Å². The smallest absolute Gasteiger partial charge is 0.255 e. The quantitative estimate of drug-likeness (QED) is 0.919. The zero-order valence-corrected chi connectivity index (χ0v) is 11.4. The first-order valence-electron chi connectivity index (χ1n) is 7.05. The van der Waals surface area contributed by atoms with Gasteiger partial charge in [-0.25, -0.2) is 0 Å². The molecule has 0 saturated carbocycles. The molecule has 0 aliphatic carbocycles. The fourth-order valence-electron chi connectivity index (χ4n) is 2.55. The highest BCUT2D eigenvalue weighted by atomic mass is 16.2. The Morgan fingerprint density at radius 1 is 0.900 bits per heavy atom. The minimum Gasteiger partial charge on any atom is -0.355 e. The maximum atomic E-state index is 12.5. The topological polar surface area (TPSA) is 32.3 Å². The van der Waals surface area contributed by atoms with E-state index in [9.17, 15) is 4.79 Å². The molecule has 20 heavy (non-hydrogen) atoms. The van der Waals surface area contributed by atoms with Crippen LogP contribution in [0.15, 0.2) is 54.6 Å². The lowest BCUT2D eigenvalue weighted by molar-refractivity contribution is 0.0794. The van der Waals surface area contributed by atoms with Gasteiger partial charge in [0.2, 0.25) is 0 Å². The number of likely N-dealkylation sites (tertiary alicyclic amines) is 1. The van der Waals surface area contributed by atoms with Gasteiger partial charge in [0, 0.05) is 18.8 Å². The Morgan fingerprint density at radius 2 is 1.55 bits per heavy atom. The van der Waals surface area contributed by atoms with Gasteiger partial charge in [0.1, 0.15) is 0 Å². The Kier molecular flexibility index (Phi) is 3.68. The van der Waals surface area contributed by atoms with Crippen LogP contribution in [0.1, 0.15) is 23.2 Å². The molecule has 1 saturated heterocycles. The SMILES string of the molecule is O=C(c1ccccc1Nc1ccccc1)N1CCCC1. The van der Waals surface area contributed by atoms with Gasteiger partial charge >= 0.3 is 0 Å². The monoisotopic (exact) mass is 266 g/mol. The first-order valence-corrected chi connectivity index (χ1v) is 7.05. The van der Waals surface area contributed by atoms with Crippen LogP contribution in [0.5, 0.6) is 0 Å². The van der Waals surface area contributed by atoms with Crippen molar-refractivity contribution >= 4 is 17.3 Å². The molecule has 0 radical (unpaired) electrons. The van der Waals surface area contributed by atoms with Crippen LogP contribution in [0, 0.1) is 0 Å². The van der Waals surface area contributed by atoms with E-state index in [2.05, 4.69) is 5.32 Å². The Hall–Kier alpha value is -2.29. The van der Waals surface area contributed by atoms with Crippen molar-refractivity contribution < 1.29 is 4.79 Å². The molecule has 0 spiro atoms. The third-order valence-electron chi connectivity index (χ3n) is 3.60. The maximum Gasteiger partial charge on any atom is 0.255 e. The molecular weight excluding hydrogens is 248 g/mol. The molecule has 1 fully saturated rings. The second-order valence-electron chi connectivity index (χ2n) is 5.04. The van der Waals surface area contributed by atoms with Crippen molar-refractivity contribution in [1.29, 1.82) is 0 Å². The molecule has 1 aliphatic rings. The summed E-state index contributed by atoms with van der Waals surface area (Å²) in [6.45, 7) is 1.75. The van der Waals surface area contributed by atoms with Crippen molar-refractivity contribution in [2.24, 2.45) is 0 Å². The van der Waals surface area contributed by atoms with Crippen LogP contribution < -0.4 is 5.32 Å². The van der Waals surface area contributed by atoms with Crippen LogP contribution in [0.4, 0.5) is 11.4 Å². The summed E-state index contributed by atoms with van der Waals surface area (Å²) in [7, 11) is 0. The second-order valence-corrected chi connectivity index (χ2v) is 5.04. The Labute approximate surface area is 119 Å². The molecule has 0 aromatic heterocycles. The molecule has 102 valence electrons. The summed E-state index contributed by atoms with van der Waals surface area (Å²) in [6, 6.07) is 17.6. The summed E-state index contributed by atoms with van der Waals surface area (Å²) in [5.74, 6) is 0.126. The normalized spacial score (nSPS) is 14.3. The van der Waals surface area contributed by atoms with Crippen LogP contribution in [0.3, 0.4) is 0 Å². The summed E-state index contributed by atoms with van der Waals surface area (Å²) in [4.78, 5) is 14.5. The number of carbonyl (C=O) groups excluding carboxylic acids is 1. The number of benzene rings is 2. The van der Waals surface area contributed by atoms with E-state index in [-0.39, 0.29) is 5.91 Å². The molecule has 1 amide bonds. The van der Waals surface area contributed by atoms with E-state index in [4.69, 9.17) is 0 Å². The van der Waals surface area contributed by atoms with E-state index in [0.717, 1.165) is 42.9 Å². The lowest BCUT2D eigenvalue weighted by atomic mass is 10.1. The minimum absolute atomic E-state index is 0.126. The lowest BCUT2D eigenvalue weighted by Crippen LogP contribution is -2.28. The van der Waals surface area contributed by atoms with Gasteiger partial charge in [-0.2, -0.15) is 0 Å². The summed E-state index contributed by atoms with van der Waals surface area (Å²) >= 11 is 0. The van der Waals surface area contributed by atoms with Gasteiger partial charge in [-0.15, -0.1) is 0 Å². The highest BCUT2D eigenvalue weighted by Crippen LogP contribution is 2.23. The zero-order valence-electron chi connectivity index (χ0n) is 11.4. The van der Waals surface area contributed by atoms with E-state index < -0.39 is 0 Å². The van der Waals surface area contributed by atoms with E-state index in [1.54, 1.807) is 0 Å². The van der Waals surface area contributed by atoms with Crippen molar-refractivity contribution in [2.45, 2.75) is 12.8 Å². The average Bonchev–Trinajstić information content (AvgIpc) is 3.02. The Bertz CT molecular complexity index is 589. The van der Waals surface area contributed by atoms with Crippen LogP contribution in [0.2, 0.25) is 0 Å². The van der Waals surface area contributed by atoms with Crippen molar-refractivity contribution in [2.75, 3.05) is 18.4 Å². The van der Waals surface area contributed by atoms with E-state index in [1.165, 1.54) is 0 Å². The molecule has 1 heterocycles. The van der Waals surface area contributed by atoms with E-state index >= 15 is 0 Å². The molecular formula is C17H18N2O. The summed E-state index contributed by atoms with van der Waals surface area (Å²) in [6.07, 6.45) is 2.22. The molecule has 1 aliphatic heterocycles. The molecule has 3 rings (SSSR count). The van der Waals surface area contributed by atoms with Crippen LogP contribution in [-0.2, 0) is 0 Å². The highest BCUT2D eigenvalue weighted by Gasteiger charge is 2.21. The average molecular weight is 266 g/mol. The zero-order chi connectivity index (χ0) is 13.8. The highest BCUT2D eigenvalue weighted by molar-refractivity contribution is 6.00. The fraction of sp³-hybridized carbons (Fsp3) is 0.235. The first-order chi connectivity index (χ1) is 9.84. The van der Waals surface area contributed by atoms with Crippen molar-refractivity contribution in [1.82, 2.24) is 4.90 Å². The number of anilines is 2. The first kappa shape index (κ1) is 12.7. The number of amides is 1. The molecule has 2 aromatic carbocycles. The van der Waals surface area contributed by atoms with Crippen LogP contribution >= 0.6 is 0 Å². The molecule has 3 heteroatoms. The summed E-state index contributed by atoms with van der Waals surface area (Å²) < 4.78 is 0. The number of nitrogens with one attached hydrogen (secondary N) is 1. The maximum absolute atomic E-state index is 12.5. The molecule has 3 nitrogen and oxygen atoms in total. The number of hydrogen-bond acceptors (Lipinski definition) is 2. The Balaban J connectivity index is 1.86. The summed E-state index contributed by atoms with van der Waals surface area (Å²) in [5, 5.41) is 3.33. The van der Waals surface area contributed by atoms with Crippen molar-refractivity contribution in [3.8, 4) is 0 Å². The van der Waals surface area contributed by atoms with Crippen molar-refractivity contribution in [3.05, 3.63) is 60.2 Å². The minimum atomic E-state index is 0.126. The van der Waals surface area contributed by atoms with Gasteiger partial charge < -0.3 is 10.2 Å². The van der Waals surface area contributed by atoms with Gasteiger partial charge in [-0.05, 0) is 37.1 Å². The van der Waals surface area contributed by atoms with Crippen molar-refractivity contribution in [3.63, 3.8) is 0 Å². The third-order valence-corrected chi connectivity index (χ3v) is 3.60. The van der Waals surface area contributed by atoms with Gasteiger partial charge in [0.25, 0.3) is 5.91 Å². The van der Waals surface area contributed by atoms with E-state index in [1.807, 2.05) is 59.5 Å². The van der Waals surface area contributed by atoms with Gasteiger partial charge in [-0.3, -0.25) is 4.79 Å². The van der Waals surface area contributed by atoms with E-state index in [0.29, 0.717) is 0 Å². The fourth-order valence-corrected chi connectivity index (χ4v) is 2.55. The van der Waals surface area contributed by atoms with Crippen LogP contribution in [-0.4, -0.2) is 23.9 Å². The molecule has 0 bridgehead atoms. The van der Waals surface area contributed by atoms with Gasteiger partial charge in [0.15, 0.2) is 0 Å². The van der Waals surface area contributed by atoms with Gasteiger partial charge in [0.05, 0.1) is 11.3 Å². The standard InChI is InChI=1S/C17H18N2O/c20-17(19-12-6-7-13-19)15-10-4-5-11-16(15)18-14-8-2-1-3-9-14/h1-5,8-11,18H,6-7,12-13H2. The number of rotatable bonds is 3. The number of nitrogens with zero attached hydrogens (tertiary/aromatic N) is 1. The Morgan fingerprint density at radius 3 is 2.30 bits per heavy atom. The lowest BCUT2D eigenvalue weighted by Gasteiger charge is -2.18. The van der Waals surface area contributed by atoms with Gasteiger partial charge in [-0.1, -0.05) is 30.3 Å². The number of hydrogen-bond donors (Lipinski definition) is 1. The molecule has 0 atom stereocenters.